The molecule has 80 valence electrons. The van der Waals surface area contributed by atoms with Crippen LogP contribution in [0.15, 0.2) is 30.3 Å². The molecule has 0 N–H and O–H groups in total. The number of carbonyl (C=O) groups is 2. The van der Waals surface area contributed by atoms with Crippen molar-refractivity contribution in [3.05, 3.63) is 35.9 Å². The summed E-state index contributed by atoms with van der Waals surface area (Å²) in [5, 5.41) is 0. The van der Waals surface area contributed by atoms with Gasteiger partial charge in [0, 0.05) is 6.42 Å². The zero-order valence-corrected chi connectivity index (χ0v) is 8.90. The van der Waals surface area contributed by atoms with E-state index >= 15 is 0 Å². The third-order valence-corrected chi connectivity index (χ3v) is 2.18. The molecule has 1 aromatic rings. The number of esters is 1. The minimum Gasteiger partial charge on any atom is -0.469 e. The summed E-state index contributed by atoms with van der Waals surface area (Å²) in [5.74, 6) is -0.862. The number of ketones is 1. The van der Waals surface area contributed by atoms with Gasteiger partial charge in [0.1, 0.15) is 5.78 Å². The quantitative estimate of drug-likeness (QED) is 0.707. The number of hydrogen-bond donors (Lipinski definition) is 0. The van der Waals surface area contributed by atoms with Crippen molar-refractivity contribution in [2.24, 2.45) is 0 Å². The molecule has 0 saturated heterocycles. The van der Waals surface area contributed by atoms with Crippen LogP contribution >= 0.6 is 0 Å². The van der Waals surface area contributed by atoms with Crippen molar-refractivity contribution in [3.63, 3.8) is 0 Å². The molecule has 1 aromatic carbocycles. The molecule has 0 amide bonds. The standard InChI is InChI=1S/C12H14O3/c1-9(13)8-11(12(14)15-2)10-6-4-3-5-7-10/h3-7,11H,8H2,1-2H3/t11-/m1/s1. The van der Waals surface area contributed by atoms with Gasteiger partial charge in [-0.3, -0.25) is 9.59 Å². The fourth-order valence-corrected chi connectivity index (χ4v) is 1.45. The first kappa shape index (κ1) is 11.4. The summed E-state index contributed by atoms with van der Waals surface area (Å²) < 4.78 is 4.68. The Morgan fingerprint density at radius 3 is 2.33 bits per heavy atom. The molecule has 0 aliphatic rings. The second-order valence-corrected chi connectivity index (χ2v) is 3.39. The Hall–Kier alpha value is -1.64. The molecular weight excluding hydrogens is 192 g/mol. The molecule has 0 unspecified atom stereocenters. The first-order valence-electron chi connectivity index (χ1n) is 4.77. The lowest BCUT2D eigenvalue weighted by Crippen LogP contribution is -2.16. The highest BCUT2D eigenvalue weighted by Crippen LogP contribution is 2.21. The molecule has 0 aliphatic heterocycles. The van der Waals surface area contributed by atoms with E-state index in [9.17, 15) is 9.59 Å². The van der Waals surface area contributed by atoms with Crippen LogP contribution in [-0.2, 0) is 14.3 Å². The number of carbonyl (C=O) groups excluding carboxylic acids is 2. The van der Waals surface area contributed by atoms with E-state index in [1.807, 2.05) is 30.3 Å². The van der Waals surface area contributed by atoms with E-state index in [0.717, 1.165) is 5.56 Å². The highest BCUT2D eigenvalue weighted by molar-refractivity contribution is 5.86. The van der Waals surface area contributed by atoms with Gasteiger partial charge in [-0.15, -0.1) is 0 Å². The van der Waals surface area contributed by atoms with Crippen molar-refractivity contribution >= 4 is 11.8 Å². The van der Waals surface area contributed by atoms with Crippen molar-refractivity contribution in [1.29, 1.82) is 0 Å². The maximum Gasteiger partial charge on any atom is 0.313 e. The molecule has 1 atom stereocenters. The van der Waals surface area contributed by atoms with Gasteiger partial charge >= 0.3 is 5.97 Å². The predicted octanol–water partition coefficient (Wildman–Crippen LogP) is 1.92. The van der Waals surface area contributed by atoms with Gasteiger partial charge in [0.2, 0.25) is 0 Å². The fraction of sp³-hybridized carbons (Fsp3) is 0.333. The monoisotopic (exact) mass is 206 g/mol. The van der Waals surface area contributed by atoms with Crippen LogP contribution in [0.2, 0.25) is 0 Å². The van der Waals surface area contributed by atoms with Gasteiger partial charge < -0.3 is 4.74 Å². The van der Waals surface area contributed by atoms with Crippen LogP contribution in [0.3, 0.4) is 0 Å². The lowest BCUT2D eigenvalue weighted by molar-refractivity contribution is -0.143. The number of benzene rings is 1. The second-order valence-electron chi connectivity index (χ2n) is 3.39. The van der Waals surface area contributed by atoms with Gasteiger partial charge in [0.25, 0.3) is 0 Å². The van der Waals surface area contributed by atoms with Crippen LogP contribution in [0.4, 0.5) is 0 Å². The Morgan fingerprint density at radius 1 is 1.27 bits per heavy atom. The SMILES string of the molecule is COC(=O)[C@H](CC(C)=O)c1ccccc1. The van der Waals surface area contributed by atoms with Gasteiger partial charge in [-0.2, -0.15) is 0 Å². The summed E-state index contributed by atoms with van der Waals surface area (Å²) >= 11 is 0. The molecular formula is C12H14O3. The van der Waals surface area contributed by atoms with Gasteiger partial charge in [0.05, 0.1) is 13.0 Å². The van der Waals surface area contributed by atoms with Crippen LogP contribution in [0.1, 0.15) is 24.8 Å². The zero-order valence-electron chi connectivity index (χ0n) is 8.90. The normalized spacial score (nSPS) is 11.9. The van der Waals surface area contributed by atoms with E-state index in [2.05, 4.69) is 4.74 Å². The van der Waals surface area contributed by atoms with Gasteiger partial charge in [-0.1, -0.05) is 30.3 Å². The maximum atomic E-state index is 11.5. The van der Waals surface area contributed by atoms with Crippen LogP contribution in [-0.4, -0.2) is 18.9 Å². The zero-order chi connectivity index (χ0) is 11.3. The van der Waals surface area contributed by atoms with Crippen LogP contribution in [0.25, 0.3) is 0 Å². The Labute approximate surface area is 89.1 Å². The minimum atomic E-state index is -0.478. The first-order valence-corrected chi connectivity index (χ1v) is 4.77. The molecule has 3 heteroatoms. The molecule has 3 nitrogen and oxygen atoms in total. The molecule has 0 aromatic heterocycles. The highest BCUT2D eigenvalue weighted by atomic mass is 16.5. The first-order chi connectivity index (χ1) is 7.15. The Morgan fingerprint density at radius 2 is 1.87 bits per heavy atom. The topological polar surface area (TPSA) is 43.4 Å². The third-order valence-electron chi connectivity index (χ3n) is 2.18. The fourth-order valence-electron chi connectivity index (χ4n) is 1.45. The third kappa shape index (κ3) is 3.20. The average molecular weight is 206 g/mol. The van der Waals surface area contributed by atoms with Gasteiger partial charge in [-0.25, -0.2) is 0 Å². The predicted molar refractivity (Wildman–Crippen MR) is 56.5 cm³/mol. The summed E-state index contributed by atoms with van der Waals surface area (Å²) in [7, 11) is 1.33. The molecule has 0 fully saturated rings. The lowest BCUT2D eigenvalue weighted by Gasteiger charge is -2.12. The largest absolute Gasteiger partial charge is 0.469 e. The number of rotatable bonds is 4. The Bertz CT molecular complexity index is 343. The summed E-state index contributed by atoms with van der Waals surface area (Å²) in [6, 6.07) is 9.19. The van der Waals surface area contributed by atoms with E-state index in [0.29, 0.717) is 0 Å². The smallest absolute Gasteiger partial charge is 0.313 e. The number of methoxy groups -OCH3 is 1. The van der Waals surface area contributed by atoms with Crippen molar-refractivity contribution in [3.8, 4) is 0 Å². The van der Waals surface area contributed by atoms with Crippen molar-refractivity contribution in [2.45, 2.75) is 19.3 Å². The number of hydrogen-bond acceptors (Lipinski definition) is 3. The van der Waals surface area contributed by atoms with E-state index in [-0.39, 0.29) is 18.2 Å². The van der Waals surface area contributed by atoms with Gasteiger partial charge in [0.15, 0.2) is 0 Å². The van der Waals surface area contributed by atoms with Crippen LogP contribution < -0.4 is 0 Å². The molecule has 0 aliphatic carbocycles. The molecule has 15 heavy (non-hydrogen) atoms. The van der Waals surface area contributed by atoms with E-state index in [1.54, 1.807) is 0 Å². The molecule has 1 rings (SSSR count). The second kappa shape index (κ2) is 5.29. The van der Waals surface area contributed by atoms with Crippen molar-refractivity contribution in [2.75, 3.05) is 7.11 Å². The van der Waals surface area contributed by atoms with Crippen LogP contribution in [0.5, 0.6) is 0 Å². The summed E-state index contributed by atoms with van der Waals surface area (Å²) in [6.07, 6.45) is 0.191. The molecule has 0 spiro atoms. The van der Waals surface area contributed by atoms with E-state index in [1.165, 1.54) is 14.0 Å². The van der Waals surface area contributed by atoms with E-state index in [4.69, 9.17) is 0 Å². The Kier molecular flexibility index (Phi) is 4.03. The lowest BCUT2D eigenvalue weighted by atomic mass is 9.94. The highest BCUT2D eigenvalue weighted by Gasteiger charge is 2.22. The summed E-state index contributed by atoms with van der Waals surface area (Å²) in [6.45, 7) is 1.47. The summed E-state index contributed by atoms with van der Waals surface area (Å²) in [4.78, 5) is 22.5. The van der Waals surface area contributed by atoms with Crippen molar-refractivity contribution in [1.82, 2.24) is 0 Å². The van der Waals surface area contributed by atoms with E-state index < -0.39 is 5.92 Å². The van der Waals surface area contributed by atoms with Gasteiger partial charge in [-0.05, 0) is 12.5 Å². The average Bonchev–Trinajstić information content (AvgIpc) is 2.26. The number of Topliss-reactive ketones (excluding diaryl/α,β-unsaturated/α-hetero) is 1. The molecule has 0 bridgehead atoms. The molecule has 0 saturated carbocycles. The maximum absolute atomic E-state index is 11.5. The summed E-state index contributed by atoms with van der Waals surface area (Å²) in [5.41, 5.74) is 0.819. The Balaban J connectivity index is 2.91. The minimum absolute atomic E-state index is 0.0192. The molecule has 0 heterocycles. The number of ether oxygens (including phenoxy) is 1. The van der Waals surface area contributed by atoms with Crippen molar-refractivity contribution < 1.29 is 14.3 Å². The van der Waals surface area contributed by atoms with Crippen LogP contribution in [0, 0.1) is 0 Å². The molecule has 0 radical (unpaired) electrons.